The molecule has 3 rings (SSSR count). The molecule has 0 saturated heterocycles. The highest BCUT2D eigenvalue weighted by Gasteiger charge is 2.23. The van der Waals surface area contributed by atoms with Gasteiger partial charge in [0.25, 0.3) is 5.91 Å². The highest BCUT2D eigenvalue weighted by atomic mass is 79.9. The standard InChI is InChI=1S/C15H12BrFN6O5/c16-8-6-7(3-4-9(8)17)23-14(22-27-15(23)26)11-13(21-28-20-11)19-5-1-2-10(24)12(18)25/h3-4,6H,1-2,5H2,(H2,18,25)(H,19,21). The Morgan fingerprint density at radius 1 is 1.29 bits per heavy atom. The van der Waals surface area contributed by atoms with E-state index in [2.05, 4.69) is 41.3 Å². The van der Waals surface area contributed by atoms with E-state index < -0.39 is 23.3 Å². The summed E-state index contributed by atoms with van der Waals surface area (Å²) in [6, 6.07) is 3.89. The number of hydrogen-bond acceptors (Lipinski definition) is 9. The van der Waals surface area contributed by atoms with Crippen LogP contribution in [0.1, 0.15) is 12.8 Å². The zero-order valence-corrected chi connectivity index (χ0v) is 15.6. The molecule has 1 aromatic carbocycles. The molecule has 0 aliphatic carbocycles. The van der Waals surface area contributed by atoms with Crippen molar-refractivity contribution in [3.63, 3.8) is 0 Å². The van der Waals surface area contributed by atoms with E-state index in [-0.39, 0.29) is 40.5 Å². The molecule has 0 fully saturated rings. The molecule has 28 heavy (non-hydrogen) atoms. The summed E-state index contributed by atoms with van der Waals surface area (Å²) >= 11 is 3.05. The first-order valence-electron chi connectivity index (χ1n) is 7.82. The molecule has 2 aromatic heterocycles. The summed E-state index contributed by atoms with van der Waals surface area (Å²) in [4.78, 5) is 34.0. The summed E-state index contributed by atoms with van der Waals surface area (Å²) < 4.78 is 24.1. The van der Waals surface area contributed by atoms with Crippen LogP contribution in [-0.2, 0) is 9.59 Å². The summed E-state index contributed by atoms with van der Waals surface area (Å²) in [5.74, 6) is -2.91. The van der Waals surface area contributed by atoms with E-state index >= 15 is 0 Å². The lowest BCUT2D eigenvalue weighted by Gasteiger charge is -2.05. The summed E-state index contributed by atoms with van der Waals surface area (Å²) in [5, 5.41) is 13.9. The number of carbonyl (C=O) groups excluding carboxylic acids is 2. The highest BCUT2D eigenvalue weighted by molar-refractivity contribution is 9.10. The minimum atomic E-state index is -0.999. The van der Waals surface area contributed by atoms with Gasteiger partial charge in [0.05, 0.1) is 10.2 Å². The minimum Gasteiger partial charge on any atom is -0.365 e. The third-order valence-electron chi connectivity index (χ3n) is 3.61. The van der Waals surface area contributed by atoms with Gasteiger partial charge in [-0.3, -0.25) is 14.1 Å². The molecule has 13 heteroatoms. The number of nitrogens with zero attached hydrogens (tertiary/aromatic N) is 4. The number of Topliss-reactive ketones (excluding diaryl/α,β-unsaturated/α-hetero) is 1. The van der Waals surface area contributed by atoms with Crippen LogP contribution >= 0.6 is 15.9 Å². The van der Waals surface area contributed by atoms with E-state index in [1.807, 2.05) is 0 Å². The van der Waals surface area contributed by atoms with E-state index in [1.54, 1.807) is 0 Å². The molecule has 146 valence electrons. The molecule has 0 bridgehead atoms. The van der Waals surface area contributed by atoms with Crippen molar-refractivity contribution in [3.8, 4) is 17.2 Å². The summed E-state index contributed by atoms with van der Waals surface area (Å²) in [5.41, 5.74) is 5.22. The van der Waals surface area contributed by atoms with E-state index in [0.717, 1.165) is 4.57 Å². The predicted octanol–water partition coefficient (Wildman–Crippen LogP) is 1.02. The van der Waals surface area contributed by atoms with Crippen molar-refractivity contribution in [3.05, 3.63) is 39.0 Å². The molecule has 0 saturated carbocycles. The number of anilines is 1. The lowest BCUT2D eigenvalue weighted by Crippen LogP contribution is -2.23. The van der Waals surface area contributed by atoms with Crippen LogP contribution in [0.15, 0.2) is 36.6 Å². The Morgan fingerprint density at radius 3 is 2.79 bits per heavy atom. The molecular formula is C15H12BrFN6O5. The van der Waals surface area contributed by atoms with E-state index in [9.17, 15) is 18.8 Å². The molecule has 3 N–H and O–H groups in total. The molecular weight excluding hydrogens is 443 g/mol. The van der Waals surface area contributed by atoms with Crippen molar-refractivity contribution in [1.29, 1.82) is 0 Å². The average Bonchev–Trinajstić information content (AvgIpc) is 3.27. The third-order valence-corrected chi connectivity index (χ3v) is 4.22. The second kappa shape index (κ2) is 8.12. The van der Waals surface area contributed by atoms with Gasteiger partial charge in [0, 0.05) is 13.0 Å². The number of benzene rings is 1. The molecule has 0 radical (unpaired) electrons. The van der Waals surface area contributed by atoms with Crippen LogP contribution < -0.4 is 16.8 Å². The fourth-order valence-corrected chi connectivity index (χ4v) is 2.65. The van der Waals surface area contributed by atoms with Crippen LogP contribution in [0.3, 0.4) is 0 Å². The van der Waals surface area contributed by atoms with Gasteiger partial charge in [-0.15, -0.1) is 0 Å². The number of nitrogens with two attached hydrogens (primary N) is 1. The van der Waals surface area contributed by atoms with Gasteiger partial charge in [0.2, 0.25) is 17.4 Å². The molecule has 0 spiro atoms. The smallest absolute Gasteiger partial charge is 0.365 e. The van der Waals surface area contributed by atoms with Gasteiger partial charge in [-0.05, 0) is 50.9 Å². The van der Waals surface area contributed by atoms with Crippen molar-refractivity contribution < 1.29 is 23.1 Å². The number of aromatic nitrogens is 4. The van der Waals surface area contributed by atoms with Gasteiger partial charge in [-0.2, -0.15) is 0 Å². The largest absolute Gasteiger partial charge is 0.446 e. The van der Waals surface area contributed by atoms with Crippen LogP contribution in [-0.4, -0.2) is 38.3 Å². The van der Waals surface area contributed by atoms with Gasteiger partial charge in [0.1, 0.15) is 5.82 Å². The van der Waals surface area contributed by atoms with Gasteiger partial charge >= 0.3 is 5.76 Å². The molecule has 0 atom stereocenters. The number of amides is 1. The Hall–Kier alpha value is -3.35. The number of carbonyl (C=O) groups is 2. The topological polar surface area (TPSA) is 159 Å². The van der Waals surface area contributed by atoms with Crippen molar-refractivity contribution in [2.45, 2.75) is 12.8 Å². The maximum atomic E-state index is 13.5. The van der Waals surface area contributed by atoms with Crippen molar-refractivity contribution >= 4 is 33.4 Å². The van der Waals surface area contributed by atoms with Crippen LogP contribution in [0.5, 0.6) is 0 Å². The number of rotatable bonds is 8. The summed E-state index contributed by atoms with van der Waals surface area (Å²) in [6.45, 7) is 0.240. The van der Waals surface area contributed by atoms with Gasteiger partial charge in [-0.1, -0.05) is 5.16 Å². The maximum Gasteiger partial charge on any atom is 0.446 e. The van der Waals surface area contributed by atoms with Crippen LogP contribution in [0, 0.1) is 5.82 Å². The predicted molar refractivity (Wildman–Crippen MR) is 95.0 cm³/mol. The second-order valence-corrected chi connectivity index (χ2v) is 6.34. The van der Waals surface area contributed by atoms with Crippen LogP contribution in [0.25, 0.3) is 17.2 Å². The lowest BCUT2D eigenvalue weighted by atomic mass is 10.2. The Bertz CT molecular complexity index is 1090. The van der Waals surface area contributed by atoms with E-state index in [4.69, 9.17) is 10.3 Å². The maximum absolute atomic E-state index is 13.5. The number of nitrogens with one attached hydrogen (secondary N) is 1. The fourth-order valence-electron chi connectivity index (χ4n) is 2.28. The van der Waals surface area contributed by atoms with Crippen LogP contribution in [0.2, 0.25) is 0 Å². The Kier molecular flexibility index (Phi) is 5.63. The monoisotopic (exact) mass is 454 g/mol. The van der Waals surface area contributed by atoms with Gasteiger partial charge < -0.3 is 11.1 Å². The summed E-state index contributed by atoms with van der Waals surface area (Å²) in [6.07, 6.45) is 0.256. The first-order chi connectivity index (χ1) is 13.4. The highest BCUT2D eigenvalue weighted by Crippen LogP contribution is 2.26. The fraction of sp³-hybridized carbons (Fsp3) is 0.200. The quantitative estimate of drug-likeness (QED) is 0.374. The lowest BCUT2D eigenvalue weighted by molar-refractivity contribution is -0.136. The molecule has 0 aliphatic heterocycles. The van der Waals surface area contributed by atoms with Crippen LogP contribution in [0.4, 0.5) is 10.2 Å². The van der Waals surface area contributed by atoms with Crippen molar-refractivity contribution in [2.24, 2.45) is 5.73 Å². The number of hydrogen-bond donors (Lipinski definition) is 2. The average molecular weight is 455 g/mol. The SMILES string of the molecule is NC(=O)C(=O)CCCNc1nonc1-c1noc(=O)n1-c1ccc(F)c(Br)c1. The van der Waals surface area contributed by atoms with Crippen molar-refractivity contribution in [2.75, 3.05) is 11.9 Å². The molecule has 11 nitrogen and oxygen atoms in total. The van der Waals surface area contributed by atoms with E-state index in [0.29, 0.717) is 6.42 Å². The van der Waals surface area contributed by atoms with Gasteiger partial charge in [-0.25, -0.2) is 18.4 Å². The normalized spacial score (nSPS) is 10.8. The molecule has 2 heterocycles. The number of primary amides is 1. The van der Waals surface area contributed by atoms with E-state index in [1.165, 1.54) is 18.2 Å². The second-order valence-electron chi connectivity index (χ2n) is 5.49. The number of halogens is 2. The minimum absolute atomic E-state index is 0.0273. The third kappa shape index (κ3) is 3.98. The zero-order chi connectivity index (χ0) is 20.3. The Morgan fingerprint density at radius 2 is 2.07 bits per heavy atom. The van der Waals surface area contributed by atoms with Crippen molar-refractivity contribution in [1.82, 2.24) is 20.0 Å². The van der Waals surface area contributed by atoms with Gasteiger partial charge in [0.15, 0.2) is 5.69 Å². The molecule has 1 amide bonds. The first-order valence-corrected chi connectivity index (χ1v) is 8.61. The zero-order valence-electron chi connectivity index (χ0n) is 14.0. The Labute approximate surface area is 163 Å². The Balaban J connectivity index is 1.83. The summed E-state index contributed by atoms with van der Waals surface area (Å²) in [7, 11) is 0. The molecule has 0 unspecified atom stereocenters. The first kappa shape index (κ1) is 19.4. The number of ketones is 1. The molecule has 0 aliphatic rings. The molecule has 3 aromatic rings.